The van der Waals surface area contributed by atoms with Gasteiger partial charge in [0.25, 0.3) is 0 Å². The molecule has 122 valence electrons. The van der Waals surface area contributed by atoms with Crippen molar-refractivity contribution >= 4 is 0 Å². The Hall–Kier alpha value is -1.83. The van der Waals surface area contributed by atoms with Crippen molar-refractivity contribution in [2.45, 2.75) is 44.9 Å². The average molecular weight is 312 g/mol. The summed E-state index contributed by atoms with van der Waals surface area (Å²) in [4.78, 5) is 0. The number of phenolic OH excluding ortho intramolecular Hbond substituents is 1. The normalized spacial score (nSPS) is 24.8. The van der Waals surface area contributed by atoms with Crippen LogP contribution < -0.4 is 0 Å². The van der Waals surface area contributed by atoms with Crippen LogP contribution in [0.5, 0.6) is 5.75 Å². The molecule has 0 aliphatic heterocycles. The van der Waals surface area contributed by atoms with Gasteiger partial charge < -0.3 is 5.11 Å². The second-order valence-electron chi connectivity index (χ2n) is 7.22. The van der Waals surface area contributed by atoms with Crippen molar-refractivity contribution in [2.24, 2.45) is 11.8 Å². The summed E-state index contributed by atoms with van der Waals surface area (Å²) in [6.07, 6.45) is 4.53. The van der Waals surface area contributed by atoms with E-state index in [9.17, 15) is 9.50 Å². The largest absolute Gasteiger partial charge is 0.508 e. The van der Waals surface area contributed by atoms with Gasteiger partial charge in [-0.05, 0) is 72.9 Å². The fraction of sp³-hybridized carbons (Fsp3) is 0.429. The van der Waals surface area contributed by atoms with Crippen molar-refractivity contribution < 1.29 is 9.50 Å². The zero-order valence-electron chi connectivity index (χ0n) is 13.9. The molecule has 0 spiro atoms. The minimum atomic E-state index is -0.189. The Bertz CT molecular complexity index is 587. The van der Waals surface area contributed by atoms with Crippen LogP contribution in [0.2, 0.25) is 0 Å². The van der Waals surface area contributed by atoms with E-state index in [0.717, 1.165) is 18.8 Å². The fourth-order valence-electron chi connectivity index (χ4n) is 4.09. The summed E-state index contributed by atoms with van der Waals surface area (Å²) in [5.41, 5.74) is 2.35. The molecule has 1 aliphatic rings. The molecule has 1 aliphatic carbocycles. The van der Waals surface area contributed by atoms with Gasteiger partial charge in [-0.3, -0.25) is 0 Å². The van der Waals surface area contributed by atoms with E-state index < -0.39 is 0 Å². The summed E-state index contributed by atoms with van der Waals surface area (Å²) in [6, 6.07) is 14.5. The van der Waals surface area contributed by atoms with Gasteiger partial charge in [0.2, 0.25) is 0 Å². The highest BCUT2D eigenvalue weighted by atomic mass is 19.1. The molecule has 0 unspecified atom stereocenters. The molecule has 23 heavy (non-hydrogen) atoms. The molecule has 1 saturated carbocycles. The molecular weight excluding hydrogens is 287 g/mol. The topological polar surface area (TPSA) is 20.2 Å². The first-order chi connectivity index (χ1) is 11.0. The Balaban J connectivity index is 2.00. The van der Waals surface area contributed by atoms with Crippen LogP contribution in [0.15, 0.2) is 48.5 Å². The van der Waals surface area contributed by atoms with E-state index in [1.54, 1.807) is 24.3 Å². The third-order valence-corrected chi connectivity index (χ3v) is 5.64. The Morgan fingerprint density at radius 1 is 0.913 bits per heavy atom. The smallest absolute Gasteiger partial charge is 0.123 e. The summed E-state index contributed by atoms with van der Waals surface area (Å²) in [6.45, 7) is 4.60. The summed E-state index contributed by atoms with van der Waals surface area (Å²) in [5.74, 6) is 1.58. The van der Waals surface area contributed by atoms with Crippen LogP contribution in [0.4, 0.5) is 4.39 Å². The number of phenols is 1. The molecule has 1 nitrogen and oxygen atoms in total. The van der Waals surface area contributed by atoms with Gasteiger partial charge in [-0.1, -0.05) is 38.1 Å². The molecule has 2 aromatic rings. The molecule has 0 bridgehead atoms. The van der Waals surface area contributed by atoms with Gasteiger partial charge in [0.1, 0.15) is 11.6 Å². The van der Waals surface area contributed by atoms with Crippen LogP contribution in [-0.4, -0.2) is 5.11 Å². The third-order valence-electron chi connectivity index (χ3n) is 5.64. The quantitative estimate of drug-likeness (QED) is 0.775. The second-order valence-corrected chi connectivity index (χ2v) is 7.22. The van der Waals surface area contributed by atoms with Gasteiger partial charge in [-0.2, -0.15) is 0 Å². The standard InChI is InChI=1S/C21H25FO/c1-15(2)16-11-13-21(14-12-16,17-3-7-19(22)8-4-17)18-5-9-20(23)10-6-18/h3-10,15-16,23H,11-14H2,1-2H3/t16-,21+. The fourth-order valence-corrected chi connectivity index (χ4v) is 4.09. The van der Waals surface area contributed by atoms with Gasteiger partial charge in [-0.15, -0.1) is 0 Å². The summed E-state index contributed by atoms with van der Waals surface area (Å²) in [7, 11) is 0. The van der Waals surface area contributed by atoms with E-state index in [0.29, 0.717) is 11.7 Å². The van der Waals surface area contributed by atoms with Gasteiger partial charge >= 0.3 is 0 Å². The van der Waals surface area contributed by atoms with Crippen LogP contribution in [0.25, 0.3) is 0 Å². The zero-order chi connectivity index (χ0) is 16.4. The van der Waals surface area contributed by atoms with E-state index in [-0.39, 0.29) is 11.2 Å². The molecular formula is C21H25FO. The molecule has 2 aromatic carbocycles. The Labute approximate surface area is 138 Å². The summed E-state index contributed by atoms with van der Waals surface area (Å²) in [5, 5.41) is 9.61. The number of halogens is 1. The Morgan fingerprint density at radius 2 is 1.39 bits per heavy atom. The van der Waals surface area contributed by atoms with E-state index in [2.05, 4.69) is 13.8 Å². The molecule has 1 N–H and O–H groups in total. The van der Waals surface area contributed by atoms with Crippen LogP contribution in [0.1, 0.15) is 50.7 Å². The Kier molecular flexibility index (Phi) is 4.43. The summed E-state index contributed by atoms with van der Waals surface area (Å²) >= 11 is 0. The maximum absolute atomic E-state index is 13.4. The monoisotopic (exact) mass is 312 g/mol. The van der Waals surface area contributed by atoms with Crippen LogP contribution >= 0.6 is 0 Å². The second kappa shape index (κ2) is 6.35. The number of benzene rings is 2. The van der Waals surface area contributed by atoms with Gasteiger partial charge in [0, 0.05) is 5.41 Å². The lowest BCUT2D eigenvalue weighted by Gasteiger charge is -2.42. The molecule has 0 saturated heterocycles. The van der Waals surface area contributed by atoms with Crippen LogP contribution in [0.3, 0.4) is 0 Å². The lowest BCUT2D eigenvalue weighted by Crippen LogP contribution is -2.34. The molecule has 1 fully saturated rings. The van der Waals surface area contributed by atoms with Gasteiger partial charge in [0.15, 0.2) is 0 Å². The first kappa shape index (κ1) is 16.0. The number of aromatic hydroxyl groups is 1. The average Bonchev–Trinajstić information content (AvgIpc) is 2.56. The molecule has 0 radical (unpaired) electrons. The van der Waals surface area contributed by atoms with Crippen LogP contribution in [-0.2, 0) is 5.41 Å². The molecule has 0 aromatic heterocycles. The molecule has 2 heteroatoms. The van der Waals surface area contributed by atoms with Crippen molar-refractivity contribution in [3.05, 3.63) is 65.5 Å². The SMILES string of the molecule is CC(C)[C@H]1CC[C@](c2ccc(O)cc2)(c2ccc(F)cc2)CC1. The molecule has 0 atom stereocenters. The van der Waals surface area contributed by atoms with Crippen molar-refractivity contribution in [2.75, 3.05) is 0 Å². The van der Waals surface area contributed by atoms with E-state index in [4.69, 9.17) is 0 Å². The predicted molar refractivity (Wildman–Crippen MR) is 92.1 cm³/mol. The third kappa shape index (κ3) is 3.12. The zero-order valence-corrected chi connectivity index (χ0v) is 13.9. The van der Waals surface area contributed by atoms with Crippen molar-refractivity contribution in [1.82, 2.24) is 0 Å². The van der Waals surface area contributed by atoms with Crippen molar-refractivity contribution in [1.29, 1.82) is 0 Å². The highest BCUT2D eigenvalue weighted by Crippen LogP contribution is 2.48. The van der Waals surface area contributed by atoms with Crippen molar-refractivity contribution in [3.63, 3.8) is 0 Å². The molecule has 3 rings (SSSR count). The minimum Gasteiger partial charge on any atom is -0.508 e. The first-order valence-electron chi connectivity index (χ1n) is 8.57. The maximum Gasteiger partial charge on any atom is 0.123 e. The highest BCUT2D eigenvalue weighted by Gasteiger charge is 2.38. The highest BCUT2D eigenvalue weighted by molar-refractivity contribution is 5.42. The maximum atomic E-state index is 13.4. The molecule has 0 heterocycles. The van der Waals surface area contributed by atoms with E-state index in [1.807, 2.05) is 24.3 Å². The minimum absolute atomic E-state index is 0.0627. The van der Waals surface area contributed by atoms with Crippen molar-refractivity contribution in [3.8, 4) is 5.75 Å². The Morgan fingerprint density at radius 3 is 1.87 bits per heavy atom. The number of rotatable bonds is 3. The van der Waals surface area contributed by atoms with Gasteiger partial charge in [0.05, 0.1) is 0 Å². The predicted octanol–water partition coefficient (Wildman–Crippen LogP) is 5.66. The lowest BCUT2D eigenvalue weighted by molar-refractivity contribution is 0.217. The lowest BCUT2D eigenvalue weighted by atomic mass is 9.62. The number of hydrogen-bond donors (Lipinski definition) is 1. The van der Waals surface area contributed by atoms with E-state index >= 15 is 0 Å². The van der Waals surface area contributed by atoms with Gasteiger partial charge in [-0.25, -0.2) is 4.39 Å². The first-order valence-corrected chi connectivity index (χ1v) is 8.57. The van der Waals surface area contributed by atoms with Crippen LogP contribution in [0, 0.1) is 17.7 Å². The molecule has 0 amide bonds. The van der Waals surface area contributed by atoms with E-state index in [1.165, 1.54) is 24.0 Å². The number of hydrogen-bond acceptors (Lipinski definition) is 1. The summed E-state index contributed by atoms with van der Waals surface area (Å²) < 4.78 is 13.4.